The molecule has 4 heterocycles. The van der Waals surface area contributed by atoms with Crippen LogP contribution in [0.1, 0.15) is 101 Å². The van der Waals surface area contributed by atoms with Gasteiger partial charge in [-0.15, -0.1) is 0 Å². The van der Waals surface area contributed by atoms with Crippen LogP contribution in [0, 0.1) is 11.8 Å². The predicted octanol–water partition coefficient (Wildman–Crippen LogP) is 0.565. The van der Waals surface area contributed by atoms with Gasteiger partial charge in [0.25, 0.3) is 0 Å². The van der Waals surface area contributed by atoms with Crippen LogP contribution in [-0.4, -0.2) is 285 Å². The number of carboxylic acids is 4. The van der Waals surface area contributed by atoms with Gasteiger partial charge in [0.05, 0.1) is 32.1 Å². The van der Waals surface area contributed by atoms with E-state index in [9.17, 15) is 82.8 Å². The summed E-state index contributed by atoms with van der Waals surface area (Å²) < 4.78 is 0. The van der Waals surface area contributed by atoms with Crippen molar-refractivity contribution < 1.29 is 82.8 Å². The molecule has 3 fully saturated rings. The van der Waals surface area contributed by atoms with E-state index in [0.717, 1.165) is 16.7 Å². The van der Waals surface area contributed by atoms with Gasteiger partial charge in [0.2, 0.25) is 53.2 Å². The molecule has 0 aliphatic carbocycles. The summed E-state index contributed by atoms with van der Waals surface area (Å²) in [7, 11) is 0. The van der Waals surface area contributed by atoms with Crippen molar-refractivity contribution >= 4 is 119 Å². The van der Waals surface area contributed by atoms with Crippen molar-refractivity contribution in [2.45, 2.75) is 138 Å². The minimum absolute atomic E-state index is 0.0318. The lowest BCUT2D eigenvalue weighted by Gasteiger charge is -2.32. The normalized spacial score (nSPS) is 23.2. The Morgan fingerprint density at radius 3 is 1.68 bits per heavy atom. The van der Waals surface area contributed by atoms with Gasteiger partial charge in [0, 0.05) is 132 Å². The summed E-state index contributed by atoms with van der Waals surface area (Å²) in [6.07, 6.45) is 2.82. The van der Waals surface area contributed by atoms with E-state index in [1.807, 2.05) is 36.9 Å². The van der Waals surface area contributed by atoms with Gasteiger partial charge in [0.15, 0.2) is 0 Å². The van der Waals surface area contributed by atoms with Crippen LogP contribution in [0.2, 0.25) is 0 Å². The van der Waals surface area contributed by atoms with Crippen molar-refractivity contribution in [3.63, 3.8) is 0 Å². The maximum Gasteiger partial charge on any atom is 0.327 e. The van der Waals surface area contributed by atoms with Crippen molar-refractivity contribution in [3.8, 4) is 0 Å². The molecular formula is C68H99N13O17S3. The Morgan fingerprint density at radius 1 is 0.624 bits per heavy atom. The molecule has 1 unspecified atom stereocenters. The first kappa shape index (κ1) is 82.3. The molecule has 556 valence electrons. The molecule has 0 radical (unpaired) electrons. The smallest absolute Gasteiger partial charge is 0.327 e. The number of carbonyl (C=O) groups is 13. The Morgan fingerprint density at radius 2 is 1.14 bits per heavy atom. The summed E-state index contributed by atoms with van der Waals surface area (Å²) in [6.45, 7) is 7.18. The van der Waals surface area contributed by atoms with Gasteiger partial charge >= 0.3 is 23.9 Å². The Kier molecular flexibility index (Phi) is 34.8. The molecule has 2 aromatic carbocycles. The number of fused-ring (bicyclic) bond motifs is 4. The van der Waals surface area contributed by atoms with Crippen LogP contribution in [0.3, 0.4) is 0 Å². The van der Waals surface area contributed by atoms with Gasteiger partial charge < -0.3 is 62.5 Å². The first-order chi connectivity index (χ1) is 48.2. The standard InChI is InChI=1S/C68H99N13O17S3/c1-4-50-62(91)73-51(15-16-56(69)82)63(92)74-52(33-45-10-6-5-7-11-45)64(93)75-53(68(97)98)43-101-41-48-31-46(39-99-29-18-70-58(84)35-76-21-23-77(36-59(85)86)25-27-79(38-61(89)90)28-26-78(24-22-76)37-60(87)88)30-47(32-48)40-100-42-49(34-71-57(83)17-14-44(2)3)66(95)81-20-9-13-55(81)67(96)80-19-8-12-54(80)65(94)72-50/h5-7,10-11,30-32,34,44,49-55H,4,8-9,12-29,33,35-43H2,1-3H3,(H2,69,82)(H,70,84)(H,72,94)(H,73,91)(H,74,92)(H,75,93)(H,85,86)(H,87,88)(H,89,90)(H,97,98)/t49?,50-,51-,52-,53-,54-,55-/m0/s1. The fourth-order valence-electron chi connectivity index (χ4n) is 12.2. The third kappa shape index (κ3) is 28.9. The molecule has 0 aromatic heterocycles. The van der Waals surface area contributed by atoms with Crippen molar-refractivity contribution in [2.24, 2.45) is 22.6 Å². The van der Waals surface area contributed by atoms with Gasteiger partial charge in [0.1, 0.15) is 36.3 Å². The van der Waals surface area contributed by atoms with Gasteiger partial charge in [-0.25, -0.2) is 9.79 Å². The molecule has 2 aromatic rings. The van der Waals surface area contributed by atoms with Crippen LogP contribution in [0.15, 0.2) is 53.5 Å². The second kappa shape index (κ2) is 42.7. The Bertz CT molecular complexity index is 3190. The zero-order valence-corrected chi connectivity index (χ0v) is 60.2. The number of aliphatic carboxylic acids is 4. The molecule has 4 aliphatic rings. The number of thioether (sulfide) groups is 3. The summed E-state index contributed by atoms with van der Waals surface area (Å²) >= 11 is 4.15. The quantitative estimate of drug-likeness (QED) is 0.0507. The number of carbonyl (C=O) groups excluding carboxylic acids is 9. The van der Waals surface area contributed by atoms with Gasteiger partial charge in [-0.1, -0.05) is 69.3 Å². The summed E-state index contributed by atoms with van der Waals surface area (Å²) in [4.78, 5) is 188. The fraction of sp³-hybridized carbons (Fsp3) is 0.618. The van der Waals surface area contributed by atoms with E-state index in [1.165, 1.54) is 51.3 Å². The highest BCUT2D eigenvalue weighted by Crippen LogP contribution is 2.29. The van der Waals surface area contributed by atoms with Crippen LogP contribution in [-0.2, 0) is 86.0 Å². The molecule has 2 bridgehead atoms. The molecule has 4 aliphatic heterocycles. The molecule has 3 saturated heterocycles. The van der Waals surface area contributed by atoms with Gasteiger partial charge in [-0.05, 0) is 73.1 Å². The SMILES string of the molecule is CC[C@@H]1NC(=O)[C@@H]2CCCN2C(=O)[C@@H]2CCCN2C(=O)C(C=NC(=O)CCC(C)C)CSCc2cc(CSCCNC(=O)CN3CCN(CC(=O)O)CCN(CC(=O)O)CCN(CC(=O)O)CC3)cc(c2)CSC[C@@H](C(=O)O)NC(=O)[C@H](Cc2ccccc2)NC(=O)[C@H](CCC(N)=O)NC1=O. The molecule has 7 atom stereocenters. The molecule has 33 heteroatoms. The van der Waals surface area contributed by atoms with Crippen molar-refractivity contribution in [3.05, 3.63) is 70.8 Å². The number of benzene rings is 2. The van der Waals surface area contributed by atoms with Crippen molar-refractivity contribution in [2.75, 3.05) is 115 Å². The van der Waals surface area contributed by atoms with Crippen molar-refractivity contribution in [1.82, 2.24) is 56.0 Å². The number of rotatable bonds is 24. The number of carboxylic acid groups (broad SMARTS) is 4. The number of primary amides is 1. The second-order valence-electron chi connectivity index (χ2n) is 26.2. The minimum atomic E-state index is -1.48. The average molecular weight is 1470 g/mol. The maximum absolute atomic E-state index is 14.9. The van der Waals surface area contributed by atoms with E-state index in [-0.39, 0.29) is 166 Å². The second-order valence-corrected chi connectivity index (χ2v) is 29.3. The molecule has 30 nitrogen and oxygen atoms in total. The lowest BCUT2D eigenvalue weighted by molar-refractivity contribution is -0.147. The van der Waals surface area contributed by atoms with Crippen LogP contribution in [0.4, 0.5) is 0 Å². The zero-order valence-electron chi connectivity index (χ0n) is 57.8. The molecule has 11 N–H and O–H groups in total. The highest BCUT2D eigenvalue weighted by molar-refractivity contribution is 7.99. The van der Waals surface area contributed by atoms with E-state index < -0.39 is 113 Å². The number of nitrogens with zero attached hydrogens (tertiary/aromatic N) is 7. The Labute approximate surface area is 601 Å². The highest BCUT2D eigenvalue weighted by Gasteiger charge is 2.44. The summed E-state index contributed by atoms with van der Waals surface area (Å²) in [5.41, 5.74) is 8.61. The number of aliphatic imine (C=N–C) groups is 1. The lowest BCUT2D eigenvalue weighted by Crippen LogP contribution is -2.59. The van der Waals surface area contributed by atoms with Crippen LogP contribution < -0.4 is 32.3 Å². The minimum Gasteiger partial charge on any atom is -0.480 e. The molecular weight excluding hydrogens is 1370 g/mol. The third-order valence-electron chi connectivity index (χ3n) is 17.6. The van der Waals surface area contributed by atoms with Crippen molar-refractivity contribution in [1.29, 1.82) is 0 Å². The maximum atomic E-state index is 14.9. The topological polar surface area (TPSA) is 421 Å². The predicted molar refractivity (Wildman–Crippen MR) is 381 cm³/mol. The molecule has 9 amide bonds. The number of nitrogens with one attached hydrogen (secondary N) is 5. The summed E-state index contributed by atoms with van der Waals surface area (Å²) in [5.74, 6) is -9.36. The third-order valence-corrected chi connectivity index (χ3v) is 20.9. The van der Waals surface area contributed by atoms with Gasteiger partial charge in [-0.3, -0.25) is 77.1 Å². The molecule has 0 spiro atoms. The number of hydrogen-bond acceptors (Lipinski definition) is 20. The van der Waals surface area contributed by atoms with Crippen LogP contribution >= 0.6 is 35.3 Å². The molecule has 6 rings (SSSR count). The first-order valence-corrected chi connectivity index (χ1v) is 37.8. The zero-order chi connectivity index (χ0) is 73.5. The van der Waals surface area contributed by atoms with E-state index in [4.69, 9.17) is 5.73 Å². The van der Waals surface area contributed by atoms with E-state index in [1.54, 1.807) is 52.0 Å². The average Bonchev–Trinajstić information content (AvgIpc) is 1.68. The van der Waals surface area contributed by atoms with E-state index in [2.05, 4.69) is 31.6 Å². The highest BCUT2D eigenvalue weighted by atomic mass is 32.2. The molecule has 101 heavy (non-hydrogen) atoms. The molecule has 0 saturated carbocycles. The monoisotopic (exact) mass is 1470 g/mol. The largest absolute Gasteiger partial charge is 0.480 e. The number of nitrogens with two attached hydrogens (primary N) is 1. The van der Waals surface area contributed by atoms with Crippen LogP contribution in [0.25, 0.3) is 0 Å². The Balaban J connectivity index is 1.26. The fourth-order valence-corrected chi connectivity index (χ4v) is 15.0. The van der Waals surface area contributed by atoms with Crippen LogP contribution in [0.5, 0.6) is 0 Å². The lowest BCUT2D eigenvalue weighted by atomic mass is 10.0. The number of amides is 9. The number of hydrogen-bond donors (Lipinski definition) is 10. The first-order valence-electron chi connectivity index (χ1n) is 34.4. The summed E-state index contributed by atoms with van der Waals surface area (Å²) in [5, 5.41) is 53.1. The van der Waals surface area contributed by atoms with E-state index >= 15 is 0 Å². The summed E-state index contributed by atoms with van der Waals surface area (Å²) in [6, 6.07) is 6.97. The van der Waals surface area contributed by atoms with E-state index in [0.29, 0.717) is 48.5 Å². The van der Waals surface area contributed by atoms with Gasteiger partial charge in [-0.2, -0.15) is 35.3 Å². The Hall–Kier alpha value is -7.69.